The maximum Gasteiger partial charge on any atom is 0.339 e. The van der Waals surface area contributed by atoms with E-state index < -0.39 is 5.97 Å². The highest BCUT2D eigenvalue weighted by atomic mass is 16.4. The van der Waals surface area contributed by atoms with Crippen LogP contribution in [-0.4, -0.2) is 21.0 Å². The standard InChI is InChI=1S/C15H16N2O3/c18-13-6-10(3-1-2-9-4-5-9)11-7-16-8-12(15(19)20)14(11)17-13/h6-9H,1-5H2,(H,17,18)(H,19,20). The Morgan fingerprint density at radius 3 is 2.90 bits per heavy atom. The van der Waals surface area contributed by atoms with E-state index >= 15 is 0 Å². The van der Waals surface area contributed by atoms with Crippen LogP contribution in [0.15, 0.2) is 23.3 Å². The van der Waals surface area contributed by atoms with Crippen LogP contribution in [0, 0.1) is 5.92 Å². The number of pyridine rings is 2. The molecule has 2 aromatic heterocycles. The van der Waals surface area contributed by atoms with Crippen molar-refractivity contribution in [2.75, 3.05) is 0 Å². The number of aromatic amines is 1. The van der Waals surface area contributed by atoms with Crippen LogP contribution in [0.3, 0.4) is 0 Å². The van der Waals surface area contributed by atoms with Gasteiger partial charge in [-0.3, -0.25) is 9.78 Å². The zero-order chi connectivity index (χ0) is 14.1. The molecule has 2 N–H and O–H groups in total. The van der Waals surface area contributed by atoms with Crippen LogP contribution in [-0.2, 0) is 6.42 Å². The number of carbonyl (C=O) groups is 1. The molecule has 0 spiro atoms. The van der Waals surface area contributed by atoms with Crippen molar-refractivity contribution < 1.29 is 9.90 Å². The van der Waals surface area contributed by atoms with Gasteiger partial charge >= 0.3 is 5.97 Å². The first kappa shape index (κ1) is 12.8. The normalized spacial score (nSPS) is 14.6. The van der Waals surface area contributed by atoms with Crippen molar-refractivity contribution in [3.05, 3.63) is 39.9 Å². The lowest BCUT2D eigenvalue weighted by Gasteiger charge is -2.07. The summed E-state index contributed by atoms with van der Waals surface area (Å²) in [6.45, 7) is 0. The fraction of sp³-hybridized carbons (Fsp3) is 0.400. The fourth-order valence-electron chi connectivity index (χ4n) is 2.59. The summed E-state index contributed by atoms with van der Waals surface area (Å²) in [5.74, 6) is -0.218. The summed E-state index contributed by atoms with van der Waals surface area (Å²) < 4.78 is 0. The second-order valence-corrected chi connectivity index (χ2v) is 5.41. The number of H-pyrrole nitrogens is 1. The van der Waals surface area contributed by atoms with Crippen LogP contribution in [0.4, 0.5) is 0 Å². The van der Waals surface area contributed by atoms with Crippen molar-refractivity contribution in [3.8, 4) is 0 Å². The average molecular weight is 272 g/mol. The Kier molecular flexibility index (Phi) is 3.26. The molecule has 20 heavy (non-hydrogen) atoms. The number of nitrogens with one attached hydrogen (secondary N) is 1. The topological polar surface area (TPSA) is 83.0 Å². The van der Waals surface area contributed by atoms with Crippen molar-refractivity contribution in [1.82, 2.24) is 9.97 Å². The third-order valence-electron chi connectivity index (χ3n) is 3.83. The lowest BCUT2D eigenvalue weighted by molar-refractivity contribution is 0.0698. The molecule has 0 amide bonds. The Labute approximate surface area is 115 Å². The van der Waals surface area contributed by atoms with Gasteiger partial charge in [-0.25, -0.2) is 4.79 Å². The van der Waals surface area contributed by atoms with Crippen molar-refractivity contribution in [2.45, 2.75) is 32.1 Å². The number of carboxylic acids is 1. The summed E-state index contributed by atoms with van der Waals surface area (Å²) >= 11 is 0. The Morgan fingerprint density at radius 1 is 1.40 bits per heavy atom. The largest absolute Gasteiger partial charge is 0.478 e. The van der Waals surface area contributed by atoms with Crippen LogP contribution in [0.2, 0.25) is 0 Å². The number of aromatic carboxylic acids is 1. The van der Waals surface area contributed by atoms with E-state index in [9.17, 15) is 9.59 Å². The number of aromatic nitrogens is 2. The predicted octanol–water partition coefficient (Wildman–Crippen LogP) is 2.35. The SMILES string of the molecule is O=C(O)c1cncc2c(CCCC3CC3)cc(=O)[nH]c12. The van der Waals surface area contributed by atoms with Crippen LogP contribution < -0.4 is 5.56 Å². The molecule has 5 heteroatoms. The molecule has 0 saturated heterocycles. The molecule has 5 nitrogen and oxygen atoms in total. The van der Waals surface area contributed by atoms with E-state index in [1.165, 1.54) is 25.5 Å². The number of fused-ring (bicyclic) bond motifs is 1. The molecule has 0 aliphatic heterocycles. The molecule has 2 heterocycles. The van der Waals surface area contributed by atoms with E-state index in [0.29, 0.717) is 5.52 Å². The maximum atomic E-state index is 11.7. The Hall–Kier alpha value is -2.17. The number of rotatable bonds is 5. The molecule has 0 atom stereocenters. The van der Waals surface area contributed by atoms with Crippen LogP contribution in [0.5, 0.6) is 0 Å². The quantitative estimate of drug-likeness (QED) is 0.875. The Bertz CT molecular complexity index is 717. The van der Waals surface area contributed by atoms with Crippen LogP contribution in [0.1, 0.15) is 41.6 Å². The zero-order valence-corrected chi connectivity index (χ0v) is 11.1. The van der Waals surface area contributed by atoms with Crippen molar-refractivity contribution in [1.29, 1.82) is 0 Å². The smallest absolute Gasteiger partial charge is 0.339 e. The molecule has 1 aliphatic carbocycles. The maximum absolute atomic E-state index is 11.7. The minimum Gasteiger partial charge on any atom is -0.478 e. The summed E-state index contributed by atoms with van der Waals surface area (Å²) in [4.78, 5) is 29.5. The molecular formula is C15H16N2O3. The van der Waals surface area contributed by atoms with Gasteiger partial charge in [0.25, 0.3) is 0 Å². The number of hydrogen-bond acceptors (Lipinski definition) is 3. The second kappa shape index (κ2) is 5.07. The molecule has 1 fully saturated rings. The lowest BCUT2D eigenvalue weighted by Crippen LogP contribution is -2.10. The minimum atomic E-state index is -1.08. The number of aryl methyl sites for hydroxylation is 1. The van der Waals surface area contributed by atoms with Gasteiger partial charge in [0, 0.05) is 23.8 Å². The second-order valence-electron chi connectivity index (χ2n) is 5.41. The zero-order valence-electron chi connectivity index (χ0n) is 11.1. The van der Waals surface area contributed by atoms with Gasteiger partial charge in [-0.05, 0) is 24.3 Å². The Morgan fingerprint density at radius 2 is 2.20 bits per heavy atom. The van der Waals surface area contributed by atoms with Crippen LogP contribution in [0.25, 0.3) is 10.9 Å². The van der Waals surface area contributed by atoms with E-state index in [1.807, 2.05) is 0 Å². The molecule has 104 valence electrons. The third kappa shape index (κ3) is 2.57. The summed E-state index contributed by atoms with van der Waals surface area (Å²) in [6, 6.07) is 1.56. The molecule has 1 saturated carbocycles. The first-order valence-electron chi connectivity index (χ1n) is 6.88. The van der Waals surface area contributed by atoms with E-state index in [2.05, 4.69) is 9.97 Å². The van der Waals surface area contributed by atoms with Crippen LogP contribution >= 0.6 is 0 Å². The fourth-order valence-corrected chi connectivity index (χ4v) is 2.59. The summed E-state index contributed by atoms with van der Waals surface area (Å²) in [5, 5.41) is 9.90. The average Bonchev–Trinajstić information content (AvgIpc) is 3.21. The number of carboxylic acid groups (broad SMARTS) is 1. The molecular weight excluding hydrogens is 256 g/mol. The van der Waals surface area contributed by atoms with Gasteiger partial charge < -0.3 is 10.1 Å². The lowest BCUT2D eigenvalue weighted by atomic mass is 10.0. The van der Waals surface area contributed by atoms with Crippen molar-refractivity contribution in [3.63, 3.8) is 0 Å². The number of nitrogens with zero attached hydrogens (tertiary/aromatic N) is 1. The highest BCUT2D eigenvalue weighted by molar-refractivity contribution is 6.01. The van der Waals surface area contributed by atoms with E-state index in [1.54, 1.807) is 12.3 Å². The highest BCUT2D eigenvalue weighted by Crippen LogP contribution is 2.34. The van der Waals surface area contributed by atoms with Gasteiger partial charge in [0.2, 0.25) is 5.56 Å². The summed E-state index contributed by atoms with van der Waals surface area (Å²) in [5.41, 5.74) is 1.05. The Balaban J connectivity index is 1.99. The third-order valence-corrected chi connectivity index (χ3v) is 3.83. The van der Waals surface area contributed by atoms with Gasteiger partial charge in [-0.1, -0.05) is 19.3 Å². The predicted molar refractivity (Wildman–Crippen MR) is 75.0 cm³/mol. The molecule has 0 unspecified atom stereocenters. The van der Waals surface area contributed by atoms with E-state index in [0.717, 1.165) is 29.7 Å². The highest BCUT2D eigenvalue weighted by Gasteiger charge is 2.20. The summed E-state index contributed by atoms with van der Waals surface area (Å²) in [6.07, 6.45) is 8.54. The van der Waals surface area contributed by atoms with E-state index in [4.69, 9.17) is 5.11 Å². The van der Waals surface area contributed by atoms with Gasteiger partial charge in [0.15, 0.2) is 0 Å². The molecule has 2 aromatic rings. The van der Waals surface area contributed by atoms with Crippen molar-refractivity contribution in [2.24, 2.45) is 5.92 Å². The van der Waals surface area contributed by atoms with E-state index in [-0.39, 0.29) is 11.1 Å². The monoisotopic (exact) mass is 272 g/mol. The molecule has 0 bridgehead atoms. The number of hydrogen-bond donors (Lipinski definition) is 2. The summed E-state index contributed by atoms with van der Waals surface area (Å²) in [7, 11) is 0. The van der Waals surface area contributed by atoms with Gasteiger partial charge in [0.1, 0.15) is 5.56 Å². The minimum absolute atomic E-state index is 0.0450. The van der Waals surface area contributed by atoms with Crippen molar-refractivity contribution >= 4 is 16.9 Å². The van der Waals surface area contributed by atoms with Gasteiger partial charge in [-0.15, -0.1) is 0 Å². The molecule has 0 radical (unpaired) electrons. The molecule has 3 rings (SSSR count). The van der Waals surface area contributed by atoms with Gasteiger partial charge in [0.05, 0.1) is 5.52 Å². The molecule has 1 aliphatic rings. The first-order valence-corrected chi connectivity index (χ1v) is 6.88. The van der Waals surface area contributed by atoms with Gasteiger partial charge in [-0.2, -0.15) is 0 Å². The first-order chi connectivity index (χ1) is 9.65. The molecule has 0 aromatic carbocycles.